The summed E-state index contributed by atoms with van der Waals surface area (Å²) in [5.41, 5.74) is -0.0636. The molecule has 0 saturated carbocycles. The summed E-state index contributed by atoms with van der Waals surface area (Å²) in [5, 5.41) is 13.6. The molecule has 7 heteroatoms. The molecule has 1 aliphatic heterocycles. The summed E-state index contributed by atoms with van der Waals surface area (Å²) >= 11 is 1.08. The highest BCUT2D eigenvalue weighted by atomic mass is 32.1. The number of carbonyl (C=O) groups excluding carboxylic acids is 1. The molecule has 2 heterocycles. The number of hydrogen-bond acceptors (Lipinski definition) is 5. The highest BCUT2D eigenvalue weighted by Gasteiger charge is 2.21. The van der Waals surface area contributed by atoms with Crippen molar-refractivity contribution >= 4 is 23.2 Å². The van der Waals surface area contributed by atoms with Crippen molar-refractivity contribution in [2.24, 2.45) is 0 Å². The molecule has 2 rings (SSSR count). The van der Waals surface area contributed by atoms with Gasteiger partial charge in [-0.05, 0) is 13.0 Å². The third-order valence-electron chi connectivity index (χ3n) is 2.53. The SMILES string of the molecule is O=C(O)c1csc(C(=O)N2CCCNCC2)n1. The fourth-order valence-corrected chi connectivity index (χ4v) is 2.41. The summed E-state index contributed by atoms with van der Waals surface area (Å²) < 4.78 is 0. The van der Waals surface area contributed by atoms with Crippen LogP contribution < -0.4 is 5.32 Å². The lowest BCUT2D eigenvalue weighted by molar-refractivity contribution is 0.0691. The Balaban J connectivity index is 2.09. The van der Waals surface area contributed by atoms with Crippen LogP contribution in [0.25, 0.3) is 0 Å². The second-order valence-corrected chi connectivity index (χ2v) is 4.60. The minimum absolute atomic E-state index is 0.0636. The normalized spacial score (nSPS) is 16.6. The number of carbonyl (C=O) groups is 2. The van der Waals surface area contributed by atoms with E-state index in [2.05, 4.69) is 10.3 Å². The zero-order valence-corrected chi connectivity index (χ0v) is 10.00. The summed E-state index contributed by atoms with van der Waals surface area (Å²) in [7, 11) is 0. The van der Waals surface area contributed by atoms with Gasteiger partial charge in [0, 0.05) is 25.0 Å². The Labute approximate surface area is 102 Å². The monoisotopic (exact) mass is 255 g/mol. The first kappa shape index (κ1) is 12.0. The Morgan fingerprint density at radius 3 is 2.94 bits per heavy atom. The minimum Gasteiger partial charge on any atom is -0.476 e. The van der Waals surface area contributed by atoms with Crippen molar-refractivity contribution in [1.82, 2.24) is 15.2 Å². The highest BCUT2D eigenvalue weighted by Crippen LogP contribution is 2.13. The predicted molar refractivity (Wildman–Crippen MR) is 62.5 cm³/mol. The van der Waals surface area contributed by atoms with E-state index in [1.165, 1.54) is 5.38 Å². The van der Waals surface area contributed by atoms with Gasteiger partial charge in [0.15, 0.2) is 10.7 Å². The molecule has 0 spiro atoms. The maximum absolute atomic E-state index is 12.0. The molecule has 2 N–H and O–H groups in total. The van der Waals surface area contributed by atoms with Crippen LogP contribution in [0.2, 0.25) is 0 Å². The van der Waals surface area contributed by atoms with E-state index in [1.54, 1.807) is 4.90 Å². The van der Waals surface area contributed by atoms with Crippen molar-refractivity contribution in [3.05, 3.63) is 16.1 Å². The van der Waals surface area contributed by atoms with Gasteiger partial charge in [-0.15, -0.1) is 11.3 Å². The molecule has 17 heavy (non-hydrogen) atoms. The van der Waals surface area contributed by atoms with Crippen LogP contribution in [0.15, 0.2) is 5.38 Å². The molecular formula is C10H13N3O3S. The van der Waals surface area contributed by atoms with E-state index in [1.807, 2.05) is 0 Å². The van der Waals surface area contributed by atoms with E-state index in [0.29, 0.717) is 13.1 Å². The third-order valence-corrected chi connectivity index (χ3v) is 3.36. The van der Waals surface area contributed by atoms with Crippen LogP contribution >= 0.6 is 11.3 Å². The van der Waals surface area contributed by atoms with Gasteiger partial charge in [-0.2, -0.15) is 0 Å². The van der Waals surface area contributed by atoms with Gasteiger partial charge in [0.25, 0.3) is 5.91 Å². The summed E-state index contributed by atoms with van der Waals surface area (Å²) in [5.74, 6) is -1.27. The first-order chi connectivity index (χ1) is 8.18. The topological polar surface area (TPSA) is 82.5 Å². The number of nitrogens with zero attached hydrogens (tertiary/aromatic N) is 2. The maximum atomic E-state index is 12.0. The van der Waals surface area contributed by atoms with E-state index in [4.69, 9.17) is 5.11 Å². The predicted octanol–water partition coefficient (Wildman–Crippen LogP) is 0.277. The Morgan fingerprint density at radius 2 is 2.24 bits per heavy atom. The van der Waals surface area contributed by atoms with Gasteiger partial charge < -0.3 is 15.3 Å². The number of nitrogens with one attached hydrogen (secondary N) is 1. The molecule has 1 saturated heterocycles. The zero-order valence-electron chi connectivity index (χ0n) is 9.18. The Morgan fingerprint density at radius 1 is 1.41 bits per heavy atom. The molecule has 92 valence electrons. The number of hydrogen-bond donors (Lipinski definition) is 2. The van der Waals surface area contributed by atoms with Crippen molar-refractivity contribution < 1.29 is 14.7 Å². The molecule has 0 atom stereocenters. The van der Waals surface area contributed by atoms with Crippen LogP contribution in [0.3, 0.4) is 0 Å². The van der Waals surface area contributed by atoms with Crippen LogP contribution in [0, 0.1) is 0 Å². The van der Waals surface area contributed by atoms with Gasteiger partial charge in [0.05, 0.1) is 0 Å². The number of amides is 1. The summed E-state index contributed by atoms with van der Waals surface area (Å²) in [6.45, 7) is 3.00. The number of thiazole rings is 1. The van der Waals surface area contributed by atoms with E-state index in [0.717, 1.165) is 30.8 Å². The fourth-order valence-electron chi connectivity index (χ4n) is 1.65. The summed E-state index contributed by atoms with van der Waals surface area (Å²) in [6, 6.07) is 0. The number of aromatic nitrogens is 1. The van der Waals surface area contributed by atoms with Gasteiger partial charge in [-0.25, -0.2) is 9.78 Å². The molecular weight excluding hydrogens is 242 g/mol. The zero-order chi connectivity index (χ0) is 12.3. The first-order valence-corrected chi connectivity index (χ1v) is 6.25. The minimum atomic E-state index is -1.10. The molecule has 1 aromatic rings. The molecule has 0 aliphatic carbocycles. The molecule has 1 aliphatic rings. The molecule has 0 unspecified atom stereocenters. The van der Waals surface area contributed by atoms with Crippen molar-refractivity contribution in [3.8, 4) is 0 Å². The van der Waals surface area contributed by atoms with Crippen molar-refractivity contribution in [2.75, 3.05) is 26.2 Å². The third kappa shape index (κ3) is 2.80. The van der Waals surface area contributed by atoms with Gasteiger partial charge in [0.2, 0.25) is 0 Å². The molecule has 6 nitrogen and oxygen atoms in total. The van der Waals surface area contributed by atoms with Gasteiger partial charge >= 0.3 is 5.97 Å². The van der Waals surface area contributed by atoms with Crippen LogP contribution in [0.4, 0.5) is 0 Å². The Kier molecular flexibility index (Phi) is 3.70. The van der Waals surface area contributed by atoms with E-state index >= 15 is 0 Å². The average Bonchev–Trinajstić information content (AvgIpc) is 2.65. The summed E-state index contributed by atoms with van der Waals surface area (Å²) in [6.07, 6.45) is 0.906. The lowest BCUT2D eigenvalue weighted by Crippen LogP contribution is -2.34. The summed E-state index contributed by atoms with van der Waals surface area (Å²) in [4.78, 5) is 28.3. The van der Waals surface area contributed by atoms with Crippen molar-refractivity contribution in [2.45, 2.75) is 6.42 Å². The van der Waals surface area contributed by atoms with Crippen LogP contribution in [0.5, 0.6) is 0 Å². The van der Waals surface area contributed by atoms with Crippen molar-refractivity contribution in [3.63, 3.8) is 0 Å². The Hall–Kier alpha value is -1.47. The van der Waals surface area contributed by atoms with E-state index in [9.17, 15) is 9.59 Å². The maximum Gasteiger partial charge on any atom is 0.355 e. The smallest absolute Gasteiger partial charge is 0.355 e. The molecule has 1 aromatic heterocycles. The van der Waals surface area contributed by atoms with E-state index < -0.39 is 5.97 Å². The van der Waals surface area contributed by atoms with Crippen LogP contribution in [-0.2, 0) is 0 Å². The van der Waals surface area contributed by atoms with Crippen molar-refractivity contribution in [1.29, 1.82) is 0 Å². The second kappa shape index (κ2) is 5.24. The lowest BCUT2D eigenvalue weighted by Gasteiger charge is -2.18. The van der Waals surface area contributed by atoms with Gasteiger partial charge in [-0.3, -0.25) is 4.79 Å². The molecule has 0 bridgehead atoms. The number of carboxylic acids is 1. The highest BCUT2D eigenvalue weighted by molar-refractivity contribution is 7.11. The average molecular weight is 255 g/mol. The molecule has 0 radical (unpaired) electrons. The van der Waals surface area contributed by atoms with Crippen LogP contribution in [-0.4, -0.2) is 53.0 Å². The molecule has 1 amide bonds. The van der Waals surface area contributed by atoms with Gasteiger partial charge in [-0.1, -0.05) is 0 Å². The lowest BCUT2D eigenvalue weighted by atomic mass is 10.4. The fraction of sp³-hybridized carbons (Fsp3) is 0.500. The largest absolute Gasteiger partial charge is 0.476 e. The first-order valence-electron chi connectivity index (χ1n) is 5.37. The second-order valence-electron chi connectivity index (χ2n) is 3.74. The molecule has 0 aromatic carbocycles. The quantitative estimate of drug-likeness (QED) is 0.793. The number of rotatable bonds is 2. The number of carboxylic acid groups (broad SMARTS) is 1. The Bertz CT molecular complexity index is 424. The van der Waals surface area contributed by atoms with E-state index in [-0.39, 0.29) is 16.6 Å². The standard InChI is InChI=1S/C10H13N3O3S/c14-9(13-4-1-2-11-3-5-13)8-12-7(6-17-8)10(15)16/h6,11H,1-5H2,(H,15,16). The number of aromatic carboxylic acids is 1. The van der Waals surface area contributed by atoms with Gasteiger partial charge in [0.1, 0.15) is 0 Å². The molecule has 1 fully saturated rings. The van der Waals surface area contributed by atoms with Crippen LogP contribution in [0.1, 0.15) is 26.7 Å².